The van der Waals surface area contributed by atoms with Crippen LogP contribution in [0.2, 0.25) is 0 Å². The van der Waals surface area contributed by atoms with E-state index in [-0.39, 0.29) is 12.5 Å². The van der Waals surface area contributed by atoms with Crippen LogP contribution in [-0.2, 0) is 9.53 Å². The minimum absolute atomic E-state index is 0.0577. The first-order chi connectivity index (χ1) is 14.2. The van der Waals surface area contributed by atoms with Gasteiger partial charge in [0.05, 0.1) is 14.2 Å². The highest BCUT2D eigenvalue weighted by molar-refractivity contribution is 5.75. The Bertz CT molecular complexity index is 744. The summed E-state index contributed by atoms with van der Waals surface area (Å²) in [6.07, 6.45) is -5.18. The normalized spacial score (nSPS) is 12.5. The largest absolute Gasteiger partial charge is 0.497 e. The fraction of sp³-hybridized carbons (Fsp3) is 0.409. The Labute approximate surface area is 174 Å². The molecular formula is C22H26F3NO4. The van der Waals surface area contributed by atoms with E-state index in [9.17, 15) is 18.0 Å². The van der Waals surface area contributed by atoms with E-state index < -0.39 is 18.2 Å². The molecule has 164 valence electrons. The molecule has 0 bridgehead atoms. The summed E-state index contributed by atoms with van der Waals surface area (Å²) < 4.78 is 51.6. The maximum absolute atomic E-state index is 12.3. The van der Waals surface area contributed by atoms with Gasteiger partial charge in [-0.3, -0.25) is 0 Å². The molecular weight excluding hydrogens is 399 g/mol. The van der Waals surface area contributed by atoms with Gasteiger partial charge < -0.3 is 19.5 Å². The van der Waals surface area contributed by atoms with E-state index in [1.54, 1.807) is 14.2 Å². The quantitative estimate of drug-likeness (QED) is 0.454. The fourth-order valence-electron chi connectivity index (χ4n) is 3.04. The van der Waals surface area contributed by atoms with Crippen molar-refractivity contribution in [3.8, 4) is 11.5 Å². The topological polar surface area (TPSA) is 56.8 Å². The Balaban J connectivity index is 2.00. The van der Waals surface area contributed by atoms with Crippen LogP contribution in [0.5, 0.6) is 11.5 Å². The lowest BCUT2D eigenvalue weighted by Gasteiger charge is -2.20. The van der Waals surface area contributed by atoms with Gasteiger partial charge in [0.1, 0.15) is 17.6 Å². The van der Waals surface area contributed by atoms with Crippen molar-refractivity contribution in [2.24, 2.45) is 0 Å². The van der Waals surface area contributed by atoms with Crippen LogP contribution >= 0.6 is 0 Å². The summed E-state index contributed by atoms with van der Waals surface area (Å²) in [4.78, 5) is 10.9. The molecule has 1 unspecified atom stereocenters. The van der Waals surface area contributed by atoms with Crippen LogP contribution in [0, 0.1) is 0 Å². The Morgan fingerprint density at radius 2 is 1.40 bits per heavy atom. The third-order valence-corrected chi connectivity index (χ3v) is 4.62. The van der Waals surface area contributed by atoms with Gasteiger partial charge in [-0.05, 0) is 55.3 Å². The molecule has 0 aliphatic rings. The first-order valence-corrected chi connectivity index (χ1v) is 9.51. The molecule has 2 aromatic rings. The molecule has 0 spiro atoms. The van der Waals surface area contributed by atoms with Crippen LogP contribution in [0.25, 0.3) is 0 Å². The number of hydrogen-bond acceptors (Lipinski definition) is 5. The van der Waals surface area contributed by atoms with Gasteiger partial charge in [-0.15, -0.1) is 0 Å². The van der Waals surface area contributed by atoms with E-state index >= 15 is 0 Å². The zero-order chi connectivity index (χ0) is 22.1. The predicted octanol–water partition coefficient (Wildman–Crippen LogP) is 4.31. The van der Waals surface area contributed by atoms with E-state index in [2.05, 4.69) is 10.1 Å². The van der Waals surface area contributed by atoms with E-state index in [0.29, 0.717) is 13.0 Å². The minimum atomic E-state index is -4.98. The molecule has 8 heteroatoms. The Morgan fingerprint density at radius 3 is 1.80 bits per heavy atom. The van der Waals surface area contributed by atoms with E-state index in [1.807, 2.05) is 48.5 Å². The number of alkyl halides is 3. The number of carbonyl (C=O) groups is 1. The summed E-state index contributed by atoms with van der Waals surface area (Å²) >= 11 is 0. The maximum Gasteiger partial charge on any atom is 0.490 e. The highest BCUT2D eigenvalue weighted by Gasteiger charge is 2.41. The van der Waals surface area contributed by atoms with Crippen molar-refractivity contribution in [1.29, 1.82) is 0 Å². The fourth-order valence-corrected chi connectivity index (χ4v) is 3.04. The van der Waals surface area contributed by atoms with Gasteiger partial charge in [-0.2, -0.15) is 13.2 Å². The summed E-state index contributed by atoms with van der Waals surface area (Å²) in [6, 6.07) is 15.5. The molecule has 0 saturated carbocycles. The molecule has 0 heterocycles. The molecule has 0 saturated heterocycles. The first kappa shape index (κ1) is 23.5. The van der Waals surface area contributed by atoms with Crippen molar-refractivity contribution in [3.63, 3.8) is 0 Å². The molecule has 0 aliphatic carbocycles. The number of nitrogens with one attached hydrogen (secondary N) is 1. The van der Waals surface area contributed by atoms with Crippen LogP contribution in [0.15, 0.2) is 48.5 Å². The highest BCUT2D eigenvalue weighted by atomic mass is 19.4. The summed E-state index contributed by atoms with van der Waals surface area (Å²) in [5.74, 6) is -0.607. The van der Waals surface area contributed by atoms with Crippen molar-refractivity contribution < 1.29 is 32.2 Å². The molecule has 2 aromatic carbocycles. The third-order valence-electron chi connectivity index (χ3n) is 4.62. The molecule has 5 nitrogen and oxygen atoms in total. The van der Waals surface area contributed by atoms with Gasteiger partial charge in [-0.1, -0.05) is 24.3 Å². The molecule has 1 N–H and O–H groups in total. The van der Waals surface area contributed by atoms with Gasteiger partial charge in [0.2, 0.25) is 0 Å². The Kier molecular flexibility index (Phi) is 8.53. The lowest BCUT2D eigenvalue weighted by molar-refractivity contribution is -0.203. The van der Waals surface area contributed by atoms with Crippen LogP contribution in [0.4, 0.5) is 13.2 Å². The van der Waals surface area contributed by atoms with Gasteiger partial charge in [-0.25, -0.2) is 4.79 Å². The maximum atomic E-state index is 12.3. The Hall–Kier alpha value is -2.74. The zero-order valence-corrected chi connectivity index (χ0v) is 17.2. The number of halogens is 3. The van der Waals surface area contributed by atoms with E-state index in [0.717, 1.165) is 22.6 Å². The van der Waals surface area contributed by atoms with E-state index in [4.69, 9.17) is 9.47 Å². The number of hydrogen-bond donors (Lipinski definition) is 1. The third kappa shape index (κ3) is 6.95. The molecule has 0 aromatic heterocycles. The summed E-state index contributed by atoms with van der Waals surface area (Å²) in [5.41, 5.74) is 2.17. The molecule has 30 heavy (non-hydrogen) atoms. The van der Waals surface area contributed by atoms with Crippen molar-refractivity contribution in [1.82, 2.24) is 5.32 Å². The number of ether oxygens (including phenoxy) is 3. The van der Waals surface area contributed by atoms with Gasteiger partial charge in [0.15, 0.2) is 0 Å². The standard InChI is InChI=1S/C22H26F3NO4/c1-15(30-21(27)22(23,24)25)14-26-13-12-20(16-4-8-18(28-2)9-5-16)17-6-10-19(29-3)11-7-17/h4-11,15,20,26H,12-14H2,1-3H3. The summed E-state index contributed by atoms with van der Waals surface area (Å²) in [7, 11) is 3.21. The van der Waals surface area contributed by atoms with Gasteiger partial charge in [0.25, 0.3) is 0 Å². The minimum Gasteiger partial charge on any atom is -0.497 e. The SMILES string of the molecule is COc1ccc(C(CCNCC(C)OC(=O)C(F)(F)F)c2ccc(OC)cc2)cc1. The monoisotopic (exact) mass is 425 g/mol. The van der Waals surface area contributed by atoms with Gasteiger partial charge in [0, 0.05) is 12.5 Å². The van der Waals surface area contributed by atoms with E-state index in [1.165, 1.54) is 6.92 Å². The second kappa shape index (κ2) is 10.9. The average Bonchev–Trinajstić information content (AvgIpc) is 2.73. The van der Waals surface area contributed by atoms with Crippen molar-refractivity contribution in [2.45, 2.75) is 31.5 Å². The molecule has 2 rings (SSSR count). The van der Waals surface area contributed by atoms with Crippen LogP contribution in [0.3, 0.4) is 0 Å². The predicted molar refractivity (Wildman–Crippen MR) is 107 cm³/mol. The number of carbonyl (C=O) groups excluding carboxylic acids is 1. The molecule has 0 radical (unpaired) electrons. The zero-order valence-electron chi connectivity index (χ0n) is 17.2. The lowest BCUT2D eigenvalue weighted by atomic mass is 9.88. The average molecular weight is 425 g/mol. The lowest BCUT2D eigenvalue weighted by Crippen LogP contribution is -2.34. The molecule has 0 fully saturated rings. The molecule has 0 aliphatic heterocycles. The van der Waals surface area contributed by atoms with Crippen molar-refractivity contribution >= 4 is 5.97 Å². The summed E-state index contributed by atoms with van der Waals surface area (Å²) in [5, 5.41) is 3.06. The number of esters is 1. The van der Waals surface area contributed by atoms with Crippen molar-refractivity contribution in [3.05, 3.63) is 59.7 Å². The smallest absolute Gasteiger partial charge is 0.490 e. The van der Waals surface area contributed by atoms with Crippen LogP contribution in [-0.4, -0.2) is 45.6 Å². The number of benzene rings is 2. The number of rotatable bonds is 10. The first-order valence-electron chi connectivity index (χ1n) is 9.51. The van der Waals surface area contributed by atoms with Crippen LogP contribution in [0.1, 0.15) is 30.4 Å². The molecule has 1 atom stereocenters. The number of methoxy groups -OCH3 is 2. The highest BCUT2D eigenvalue weighted by Crippen LogP contribution is 2.30. The van der Waals surface area contributed by atoms with Crippen molar-refractivity contribution in [2.75, 3.05) is 27.3 Å². The second-order valence-corrected chi connectivity index (χ2v) is 6.81. The Morgan fingerprint density at radius 1 is 0.933 bits per heavy atom. The van der Waals surface area contributed by atoms with Crippen LogP contribution < -0.4 is 14.8 Å². The summed E-state index contributed by atoms with van der Waals surface area (Å²) in [6.45, 7) is 2.07. The van der Waals surface area contributed by atoms with Gasteiger partial charge >= 0.3 is 12.1 Å². The molecule has 0 amide bonds. The second-order valence-electron chi connectivity index (χ2n) is 6.81.